The number of aliphatic hydroxyl groups excluding tert-OH is 1. The molecule has 0 bridgehead atoms. The van der Waals surface area contributed by atoms with Crippen LogP contribution in [0.2, 0.25) is 0 Å². The number of hydrogen-bond donors (Lipinski definition) is 3. The van der Waals surface area contributed by atoms with Gasteiger partial charge < -0.3 is 20.1 Å². The van der Waals surface area contributed by atoms with Crippen LogP contribution in [0, 0.1) is 39.9 Å². The number of rotatable bonds is 6. The van der Waals surface area contributed by atoms with Crippen molar-refractivity contribution in [1.29, 1.82) is 0 Å². The molecular weight excluding hydrogens is 440 g/mol. The Morgan fingerprint density at radius 3 is 2.26 bits per heavy atom. The van der Waals surface area contributed by atoms with Gasteiger partial charge in [-0.1, -0.05) is 32.9 Å². The van der Waals surface area contributed by atoms with E-state index in [1.165, 1.54) is 0 Å². The average Bonchev–Trinajstić information content (AvgIpc) is 3.32. The summed E-state index contributed by atoms with van der Waals surface area (Å²) in [6.45, 7) is 19.3. The second-order valence-electron chi connectivity index (χ2n) is 14.2. The molecule has 3 N–H and O–H groups in total. The van der Waals surface area contributed by atoms with E-state index in [9.17, 15) is 20.1 Å². The highest BCUT2D eigenvalue weighted by Gasteiger charge is 2.70. The lowest BCUT2D eigenvalue weighted by Crippen LogP contribution is -2.65. The molecule has 5 heteroatoms. The van der Waals surface area contributed by atoms with Crippen LogP contribution in [0.15, 0.2) is 12.2 Å². The molecule has 35 heavy (non-hydrogen) atoms. The first-order valence-corrected chi connectivity index (χ1v) is 14.0. The third-order valence-electron chi connectivity index (χ3n) is 12.1. The maximum Gasteiger partial charge on any atom is 0.303 e. The van der Waals surface area contributed by atoms with Crippen LogP contribution in [0.1, 0.15) is 106 Å². The van der Waals surface area contributed by atoms with Crippen LogP contribution in [-0.2, 0) is 9.53 Å². The number of ether oxygens (including phenoxy) is 1. The molecule has 0 aromatic rings. The Bertz CT molecular complexity index is 861. The van der Waals surface area contributed by atoms with Crippen molar-refractivity contribution in [3.63, 3.8) is 0 Å². The molecule has 0 unspecified atom stereocenters. The van der Waals surface area contributed by atoms with E-state index < -0.39 is 17.7 Å². The second-order valence-corrected chi connectivity index (χ2v) is 14.2. The van der Waals surface area contributed by atoms with Gasteiger partial charge in [-0.15, -0.1) is 0 Å². The summed E-state index contributed by atoms with van der Waals surface area (Å²) in [5.74, 6) is 0.507. The molecule has 4 rings (SSSR count). The maximum atomic E-state index is 11.8. The molecule has 0 spiro atoms. The fraction of sp³-hybridized carbons (Fsp3) is 0.900. The van der Waals surface area contributed by atoms with Crippen molar-refractivity contribution in [1.82, 2.24) is 0 Å². The van der Waals surface area contributed by atoms with Gasteiger partial charge in [0.2, 0.25) is 0 Å². The number of hydrogen-bond acceptors (Lipinski definition) is 4. The molecule has 10 atom stereocenters. The van der Waals surface area contributed by atoms with Gasteiger partial charge >= 0.3 is 5.97 Å². The average molecular weight is 491 g/mol. The van der Waals surface area contributed by atoms with E-state index in [2.05, 4.69) is 41.2 Å². The largest absolute Gasteiger partial charge is 0.481 e. The van der Waals surface area contributed by atoms with Gasteiger partial charge in [-0.05, 0) is 114 Å². The Morgan fingerprint density at radius 1 is 1.06 bits per heavy atom. The number of allylic oxidation sites excluding steroid dienone is 1. The molecule has 200 valence electrons. The number of fused-ring (bicyclic) bond motifs is 3. The summed E-state index contributed by atoms with van der Waals surface area (Å²) in [4.78, 5) is 11.6. The van der Waals surface area contributed by atoms with Crippen LogP contribution in [0.3, 0.4) is 0 Å². The van der Waals surface area contributed by atoms with Crippen molar-refractivity contribution in [3.8, 4) is 0 Å². The van der Waals surface area contributed by atoms with Crippen LogP contribution < -0.4 is 0 Å². The zero-order chi connectivity index (χ0) is 26.2. The van der Waals surface area contributed by atoms with E-state index in [0.29, 0.717) is 24.7 Å². The lowest BCUT2D eigenvalue weighted by Gasteiger charge is -2.68. The molecule has 0 aromatic heterocycles. The second kappa shape index (κ2) is 8.56. The van der Waals surface area contributed by atoms with Crippen molar-refractivity contribution in [2.24, 2.45) is 39.9 Å². The molecule has 3 aliphatic carbocycles. The molecule has 1 saturated heterocycles. The molecule has 1 heterocycles. The van der Waals surface area contributed by atoms with E-state index in [-0.39, 0.29) is 46.2 Å². The summed E-state index contributed by atoms with van der Waals surface area (Å²) < 4.78 is 6.65. The summed E-state index contributed by atoms with van der Waals surface area (Å²) in [6.07, 6.45) is 6.99. The Labute approximate surface area is 212 Å². The SMILES string of the molecule is C=C(C)[C@@H]1C[C@H](O)[C@]2(C)[C@H](CC[C@@H]3[C@@H]([C@]4(C)CC[C@H](C(C)(C)O)O4)CC[C@]32C)[C@@]1(C)CCC(=O)O. The summed E-state index contributed by atoms with van der Waals surface area (Å²) in [5, 5.41) is 32.0. The predicted molar refractivity (Wildman–Crippen MR) is 138 cm³/mol. The molecule has 0 radical (unpaired) electrons. The zero-order valence-corrected chi connectivity index (χ0v) is 23.2. The minimum Gasteiger partial charge on any atom is -0.481 e. The Balaban J connectivity index is 1.69. The standard InChI is InChI=1S/C30H50O5/c1-18(2)21-17-23(31)30(8)22(27(21,5)14-13-25(32)33)10-9-19-20(11-15-28(19,30)6)29(7)16-12-24(35-29)26(3,4)34/h19-24,31,34H,1,9-17H2,2-8H3,(H,32,33)/t19-,20+,21+,22-,23+,24-,27+,28-,29+,30+/m1/s1. The van der Waals surface area contributed by atoms with Gasteiger partial charge in [-0.2, -0.15) is 0 Å². The first kappa shape index (κ1) is 27.1. The minimum atomic E-state index is -0.841. The minimum absolute atomic E-state index is 0.0380. The van der Waals surface area contributed by atoms with Crippen molar-refractivity contribution in [2.45, 2.75) is 130 Å². The highest BCUT2D eigenvalue weighted by molar-refractivity contribution is 5.66. The van der Waals surface area contributed by atoms with E-state index in [1.807, 2.05) is 13.8 Å². The first-order valence-electron chi connectivity index (χ1n) is 14.0. The smallest absolute Gasteiger partial charge is 0.303 e. The van der Waals surface area contributed by atoms with Gasteiger partial charge in [0, 0.05) is 11.8 Å². The van der Waals surface area contributed by atoms with Crippen molar-refractivity contribution >= 4 is 5.97 Å². The molecule has 4 aliphatic rings. The highest BCUT2D eigenvalue weighted by atomic mass is 16.5. The van der Waals surface area contributed by atoms with Gasteiger partial charge in [-0.3, -0.25) is 4.79 Å². The van der Waals surface area contributed by atoms with E-state index in [4.69, 9.17) is 4.74 Å². The molecule has 5 nitrogen and oxygen atoms in total. The number of carboxylic acid groups (broad SMARTS) is 1. The van der Waals surface area contributed by atoms with E-state index in [1.54, 1.807) is 0 Å². The Hall–Kier alpha value is -0.910. The third kappa shape index (κ3) is 3.94. The summed E-state index contributed by atoms with van der Waals surface area (Å²) in [7, 11) is 0. The van der Waals surface area contributed by atoms with Crippen LogP contribution in [0.4, 0.5) is 0 Å². The summed E-state index contributed by atoms with van der Waals surface area (Å²) in [5.41, 5.74) is -0.530. The molecule has 3 saturated carbocycles. The number of carbonyl (C=O) groups is 1. The molecule has 0 amide bonds. The van der Waals surface area contributed by atoms with E-state index in [0.717, 1.165) is 44.1 Å². The lowest BCUT2D eigenvalue weighted by atomic mass is 9.37. The van der Waals surface area contributed by atoms with Crippen molar-refractivity contribution < 1.29 is 24.9 Å². The lowest BCUT2D eigenvalue weighted by molar-refractivity contribution is -0.231. The molecule has 0 aromatic carbocycles. The van der Waals surface area contributed by atoms with Crippen LogP contribution in [0.5, 0.6) is 0 Å². The molecule has 4 fully saturated rings. The fourth-order valence-corrected chi connectivity index (χ4v) is 9.98. The number of aliphatic hydroxyl groups is 2. The van der Waals surface area contributed by atoms with Gasteiger partial charge in [0.05, 0.1) is 23.4 Å². The summed E-state index contributed by atoms with van der Waals surface area (Å²) in [6, 6.07) is 0. The van der Waals surface area contributed by atoms with Crippen LogP contribution in [-0.4, -0.2) is 44.7 Å². The van der Waals surface area contributed by atoms with Gasteiger partial charge in [-0.25, -0.2) is 0 Å². The summed E-state index contributed by atoms with van der Waals surface area (Å²) >= 11 is 0. The molecular formula is C30H50O5. The van der Waals surface area contributed by atoms with Gasteiger partial charge in [0.1, 0.15) is 0 Å². The first-order chi connectivity index (χ1) is 16.0. The number of aliphatic carboxylic acids is 1. The van der Waals surface area contributed by atoms with E-state index >= 15 is 0 Å². The van der Waals surface area contributed by atoms with Gasteiger partial charge in [0.25, 0.3) is 0 Å². The Kier molecular flexibility index (Phi) is 6.64. The van der Waals surface area contributed by atoms with Crippen LogP contribution in [0.25, 0.3) is 0 Å². The molecule has 1 aliphatic heterocycles. The zero-order valence-electron chi connectivity index (χ0n) is 23.2. The maximum absolute atomic E-state index is 11.8. The fourth-order valence-electron chi connectivity index (χ4n) is 9.98. The van der Waals surface area contributed by atoms with Crippen molar-refractivity contribution in [3.05, 3.63) is 12.2 Å². The van der Waals surface area contributed by atoms with Gasteiger partial charge in [0.15, 0.2) is 0 Å². The predicted octanol–water partition coefficient (Wildman–Crippen LogP) is 5.97. The monoisotopic (exact) mass is 490 g/mol. The number of carboxylic acids is 1. The highest BCUT2D eigenvalue weighted by Crippen LogP contribution is 2.74. The quantitative estimate of drug-likeness (QED) is 0.399. The van der Waals surface area contributed by atoms with Crippen LogP contribution >= 0.6 is 0 Å². The normalized spacial score (nSPS) is 50.0. The topological polar surface area (TPSA) is 87.0 Å². The Morgan fingerprint density at radius 2 is 1.71 bits per heavy atom. The van der Waals surface area contributed by atoms with Crippen molar-refractivity contribution in [2.75, 3.05) is 0 Å². The third-order valence-corrected chi connectivity index (χ3v) is 12.1.